The van der Waals surface area contributed by atoms with Crippen LogP contribution >= 0.6 is 0 Å². The van der Waals surface area contributed by atoms with Crippen LogP contribution in [0.4, 0.5) is 0 Å². The molecule has 0 spiro atoms. The van der Waals surface area contributed by atoms with E-state index >= 15 is 0 Å². The van der Waals surface area contributed by atoms with E-state index in [1.165, 1.54) is 6.07 Å². The Kier molecular flexibility index (Phi) is 14.9. The van der Waals surface area contributed by atoms with Gasteiger partial charge in [-0.2, -0.15) is 0 Å². The van der Waals surface area contributed by atoms with Gasteiger partial charge in [-0.15, -0.1) is 0 Å². The van der Waals surface area contributed by atoms with Gasteiger partial charge in [0, 0.05) is 13.0 Å². The van der Waals surface area contributed by atoms with Gasteiger partial charge in [-0.3, -0.25) is 4.79 Å². The topological polar surface area (TPSA) is 77.8 Å². The van der Waals surface area contributed by atoms with Crippen LogP contribution in [0.5, 0.6) is 11.5 Å². The highest BCUT2D eigenvalue weighted by molar-refractivity contribution is 5.70. The van der Waals surface area contributed by atoms with Gasteiger partial charge >= 0.3 is 0 Å². The lowest BCUT2D eigenvalue weighted by Gasteiger charge is -1.98. The quantitative estimate of drug-likeness (QED) is 0.642. The third kappa shape index (κ3) is 13.0. The molecule has 0 radical (unpaired) electrons. The Morgan fingerprint density at radius 1 is 0.792 bits per heavy atom. The molecular weight excluding hydrogens is 304 g/mol. The zero-order valence-electron chi connectivity index (χ0n) is 15.0. The molecule has 2 aromatic rings. The zero-order chi connectivity index (χ0) is 19.0. The second-order valence-electron chi connectivity index (χ2n) is 4.05. The van der Waals surface area contributed by atoms with Crippen molar-refractivity contribution in [3.63, 3.8) is 0 Å². The molecule has 4 nitrogen and oxygen atoms in total. The largest absolute Gasteiger partial charge is 0.508 e. The second kappa shape index (κ2) is 15.2. The molecule has 0 aliphatic heterocycles. The average Bonchev–Trinajstić information content (AvgIpc) is 2.56. The molecule has 2 rings (SSSR count). The van der Waals surface area contributed by atoms with Crippen molar-refractivity contribution >= 4 is 18.1 Å². The van der Waals surface area contributed by atoms with Crippen LogP contribution in [0.3, 0.4) is 0 Å². The Labute approximate surface area is 144 Å². The Balaban J connectivity index is 0. The van der Waals surface area contributed by atoms with E-state index < -0.39 is 5.97 Å². The lowest BCUT2D eigenvalue weighted by molar-refractivity contribution is -0.134. The van der Waals surface area contributed by atoms with Crippen LogP contribution in [0, 0.1) is 0 Å². The number of carboxylic acids is 1. The summed E-state index contributed by atoms with van der Waals surface area (Å²) in [5, 5.41) is 26.0. The number of rotatable bonds is 2. The van der Waals surface area contributed by atoms with E-state index in [0.717, 1.165) is 18.1 Å². The predicted octanol–water partition coefficient (Wildman–Crippen LogP) is 5.41. The van der Waals surface area contributed by atoms with Crippen molar-refractivity contribution in [2.75, 3.05) is 0 Å². The Bertz CT molecular complexity index is 566. The van der Waals surface area contributed by atoms with Crippen molar-refractivity contribution in [2.24, 2.45) is 0 Å². The maximum absolute atomic E-state index is 9.30. The SMILES string of the molecule is CC.CC.CC(=O)O.Oc1cc(O)cc(/C=C/c2ccccc2)c1. The van der Waals surface area contributed by atoms with Gasteiger partial charge in [0.1, 0.15) is 11.5 Å². The highest BCUT2D eigenvalue weighted by atomic mass is 16.4. The van der Waals surface area contributed by atoms with Gasteiger partial charge < -0.3 is 15.3 Å². The highest BCUT2D eigenvalue weighted by Gasteiger charge is 1.95. The summed E-state index contributed by atoms with van der Waals surface area (Å²) in [7, 11) is 0. The van der Waals surface area contributed by atoms with Crippen molar-refractivity contribution in [3.05, 3.63) is 59.7 Å². The molecule has 0 unspecified atom stereocenters. The van der Waals surface area contributed by atoms with Gasteiger partial charge in [0.2, 0.25) is 0 Å². The summed E-state index contributed by atoms with van der Waals surface area (Å²) in [6.07, 6.45) is 3.77. The van der Waals surface area contributed by atoms with Gasteiger partial charge in [0.05, 0.1) is 0 Å². The number of phenolic OH excluding ortho intramolecular Hbond substituents is 2. The first kappa shape index (κ1) is 23.5. The van der Waals surface area contributed by atoms with Crippen LogP contribution in [-0.4, -0.2) is 21.3 Å². The Morgan fingerprint density at radius 3 is 1.58 bits per heavy atom. The molecule has 0 bridgehead atoms. The molecule has 4 heteroatoms. The molecule has 24 heavy (non-hydrogen) atoms. The minimum absolute atomic E-state index is 0.0627. The molecule has 0 saturated heterocycles. The van der Waals surface area contributed by atoms with Crippen LogP contribution in [0.2, 0.25) is 0 Å². The number of hydrogen-bond acceptors (Lipinski definition) is 3. The first-order valence-corrected chi connectivity index (χ1v) is 7.93. The molecule has 0 amide bonds. The number of carbonyl (C=O) groups is 1. The third-order valence-corrected chi connectivity index (χ3v) is 2.19. The lowest BCUT2D eigenvalue weighted by Crippen LogP contribution is -1.78. The van der Waals surface area contributed by atoms with Crippen LogP contribution < -0.4 is 0 Å². The fraction of sp³-hybridized carbons (Fsp3) is 0.250. The summed E-state index contributed by atoms with van der Waals surface area (Å²) in [4.78, 5) is 9.00. The number of carboxylic acid groups (broad SMARTS) is 1. The second-order valence-corrected chi connectivity index (χ2v) is 4.05. The molecule has 3 N–H and O–H groups in total. The molecule has 0 atom stereocenters. The number of aromatic hydroxyl groups is 2. The van der Waals surface area contributed by atoms with Gasteiger partial charge in [-0.1, -0.05) is 70.2 Å². The van der Waals surface area contributed by atoms with Crippen molar-refractivity contribution in [2.45, 2.75) is 34.6 Å². The van der Waals surface area contributed by atoms with E-state index in [4.69, 9.17) is 9.90 Å². The summed E-state index contributed by atoms with van der Waals surface area (Å²) in [6, 6.07) is 14.3. The molecule has 0 aliphatic rings. The highest BCUT2D eigenvalue weighted by Crippen LogP contribution is 2.21. The minimum atomic E-state index is -0.833. The molecule has 132 valence electrons. The molecule has 0 heterocycles. The monoisotopic (exact) mass is 332 g/mol. The number of aliphatic carboxylic acids is 1. The van der Waals surface area contributed by atoms with Crippen molar-refractivity contribution in [3.8, 4) is 11.5 Å². The molecule has 0 aromatic heterocycles. The van der Waals surface area contributed by atoms with Crippen LogP contribution in [0.15, 0.2) is 48.5 Å². The molecule has 0 saturated carbocycles. The minimum Gasteiger partial charge on any atom is -0.508 e. The van der Waals surface area contributed by atoms with Crippen molar-refractivity contribution in [1.29, 1.82) is 0 Å². The zero-order valence-corrected chi connectivity index (χ0v) is 15.0. The van der Waals surface area contributed by atoms with Gasteiger partial charge in [0.25, 0.3) is 5.97 Å². The van der Waals surface area contributed by atoms with E-state index in [2.05, 4.69) is 0 Å². The Hall–Kier alpha value is -2.75. The lowest BCUT2D eigenvalue weighted by atomic mass is 10.1. The normalized spacial score (nSPS) is 8.71. The molecule has 0 aliphatic carbocycles. The van der Waals surface area contributed by atoms with E-state index in [9.17, 15) is 10.2 Å². The fourth-order valence-corrected chi connectivity index (χ4v) is 1.47. The van der Waals surface area contributed by atoms with Gasteiger partial charge in [0.15, 0.2) is 0 Å². The maximum atomic E-state index is 9.30. The Morgan fingerprint density at radius 2 is 1.17 bits per heavy atom. The van der Waals surface area contributed by atoms with Gasteiger partial charge in [-0.25, -0.2) is 0 Å². The maximum Gasteiger partial charge on any atom is 0.300 e. The van der Waals surface area contributed by atoms with Crippen LogP contribution in [0.25, 0.3) is 12.2 Å². The van der Waals surface area contributed by atoms with Crippen LogP contribution in [-0.2, 0) is 4.79 Å². The van der Waals surface area contributed by atoms with E-state index in [1.54, 1.807) is 12.1 Å². The smallest absolute Gasteiger partial charge is 0.300 e. The summed E-state index contributed by atoms with van der Waals surface area (Å²) in [5.41, 5.74) is 1.84. The predicted molar refractivity (Wildman–Crippen MR) is 101 cm³/mol. The first-order chi connectivity index (χ1) is 11.5. The third-order valence-electron chi connectivity index (χ3n) is 2.19. The average molecular weight is 332 g/mol. The standard InChI is InChI=1S/C14H12O2.C2H4O2.2C2H6/c15-13-8-12(9-14(16)10-13)7-6-11-4-2-1-3-5-11;1-2(3)4;2*1-2/h1-10,15-16H;1H3,(H,3,4);2*1-2H3/b7-6+;;;. The number of phenols is 2. The van der Waals surface area contributed by atoms with Crippen molar-refractivity contribution < 1.29 is 20.1 Å². The van der Waals surface area contributed by atoms with E-state index in [1.807, 2.05) is 70.2 Å². The number of benzene rings is 2. The van der Waals surface area contributed by atoms with Gasteiger partial charge in [-0.05, 0) is 23.3 Å². The summed E-state index contributed by atoms with van der Waals surface area (Å²) in [5.74, 6) is -0.708. The fourth-order valence-electron chi connectivity index (χ4n) is 1.47. The molecule has 2 aromatic carbocycles. The summed E-state index contributed by atoms with van der Waals surface area (Å²) < 4.78 is 0. The van der Waals surface area contributed by atoms with E-state index in [-0.39, 0.29) is 11.5 Å². The van der Waals surface area contributed by atoms with E-state index in [0.29, 0.717) is 0 Å². The molecule has 0 fully saturated rings. The van der Waals surface area contributed by atoms with Crippen molar-refractivity contribution in [1.82, 2.24) is 0 Å². The van der Waals surface area contributed by atoms with Crippen LogP contribution in [0.1, 0.15) is 45.7 Å². The first-order valence-electron chi connectivity index (χ1n) is 7.93. The summed E-state index contributed by atoms with van der Waals surface area (Å²) >= 11 is 0. The molecular formula is C20H28O4. The summed E-state index contributed by atoms with van der Waals surface area (Å²) in [6.45, 7) is 9.08. The number of hydrogen-bond donors (Lipinski definition) is 3.